The first kappa shape index (κ1) is 15.6. The molecule has 2 fully saturated rings. The smallest absolute Gasteiger partial charge is 0.407 e. The fraction of sp³-hybridized carbons (Fsp3) is 0.933. The lowest BCUT2D eigenvalue weighted by Gasteiger charge is -2.56. The van der Waals surface area contributed by atoms with Crippen LogP contribution < -0.4 is 0 Å². The molecule has 0 spiro atoms. The zero-order chi connectivity index (χ0) is 15.1. The largest absolute Gasteiger partial charge is 0.465 e. The third kappa shape index (κ3) is 2.93. The fourth-order valence-electron chi connectivity index (χ4n) is 3.86. The lowest BCUT2D eigenvalue weighted by Crippen LogP contribution is -2.64. The molecule has 2 aliphatic rings. The lowest BCUT2D eigenvalue weighted by atomic mass is 9.77. The van der Waals surface area contributed by atoms with Crippen LogP contribution in [0.4, 0.5) is 4.79 Å². The third-order valence-corrected chi connectivity index (χ3v) is 5.39. The van der Waals surface area contributed by atoms with Gasteiger partial charge in [0.05, 0.1) is 0 Å². The molecule has 2 saturated heterocycles. The van der Waals surface area contributed by atoms with Gasteiger partial charge in [0.15, 0.2) is 0 Å². The van der Waals surface area contributed by atoms with Gasteiger partial charge in [0.1, 0.15) is 0 Å². The van der Waals surface area contributed by atoms with Gasteiger partial charge in [-0.25, -0.2) is 4.79 Å². The summed E-state index contributed by atoms with van der Waals surface area (Å²) in [6, 6.07) is 0.562. The monoisotopic (exact) mass is 283 g/mol. The van der Waals surface area contributed by atoms with Gasteiger partial charge in [-0.3, -0.25) is 9.80 Å². The second kappa shape index (κ2) is 5.19. The van der Waals surface area contributed by atoms with Crippen molar-refractivity contribution in [2.75, 3.05) is 33.2 Å². The molecule has 5 nitrogen and oxygen atoms in total. The maximum absolute atomic E-state index is 11.0. The highest BCUT2D eigenvalue weighted by atomic mass is 16.4. The van der Waals surface area contributed by atoms with Gasteiger partial charge in [0.25, 0.3) is 0 Å². The van der Waals surface area contributed by atoms with E-state index in [9.17, 15) is 4.79 Å². The summed E-state index contributed by atoms with van der Waals surface area (Å²) >= 11 is 0. The first-order valence-corrected chi connectivity index (χ1v) is 7.59. The van der Waals surface area contributed by atoms with E-state index in [2.05, 4.69) is 44.5 Å². The number of hydrogen-bond donors (Lipinski definition) is 1. The highest BCUT2D eigenvalue weighted by Crippen LogP contribution is 2.39. The molecule has 0 unspecified atom stereocenters. The Labute approximate surface area is 122 Å². The number of piperidine rings is 1. The van der Waals surface area contributed by atoms with Gasteiger partial charge in [-0.15, -0.1) is 0 Å². The number of amides is 1. The van der Waals surface area contributed by atoms with E-state index in [1.165, 1.54) is 4.90 Å². The Bertz CT molecular complexity index is 355. The molecule has 0 aromatic heterocycles. The summed E-state index contributed by atoms with van der Waals surface area (Å²) in [5.41, 5.74) is 0.382. The van der Waals surface area contributed by atoms with Crippen LogP contribution in [0.5, 0.6) is 0 Å². The predicted octanol–water partition coefficient (Wildman–Crippen LogP) is 1.93. The zero-order valence-electron chi connectivity index (χ0n) is 13.5. The quantitative estimate of drug-likeness (QED) is 0.799. The molecule has 116 valence electrons. The van der Waals surface area contributed by atoms with Gasteiger partial charge in [0.2, 0.25) is 0 Å². The van der Waals surface area contributed by atoms with E-state index in [0.717, 1.165) is 25.9 Å². The summed E-state index contributed by atoms with van der Waals surface area (Å²) in [5.74, 6) is 0. The number of rotatable bonds is 1. The Balaban J connectivity index is 2.02. The Hall–Kier alpha value is -0.810. The van der Waals surface area contributed by atoms with Crippen molar-refractivity contribution < 1.29 is 9.90 Å². The van der Waals surface area contributed by atoms with Crippen LogP contribution in [-0.4, -0.2) is 76.2 Å². The van der Waals surface area contributed by atoms with Gasteiger partial charge in [-0.05, 0) is 47.6 Å². The maximum Gasteiger partial charge on any atom is 0.407 e. The number of carbonyl (C=O) groups is 1. The van der Waals surface area contributed by atoms with Crippen molar-refractivity contribution in [2.45, 2.75) is 57.7 Å². The maximum atomic E-state index is 11.0. The molecule has 0 aromatic carbocycles. The molecule has 0 aromatic rings. The van der Waals surface area contributed by atoms with E-state index in [-0.39, 0.29) is 11.1 Å². The molecule has 0 saturated carbocycles. The van der Waals surface area contributed by atoms with Gasteiger partial charge in [0, 0.05) is 43.3 Å². The minimum Gasteiger partial charge on any atom is -0.465 e. The number of piperazine rings is 1. The van der Waals surface area contributed by atoms with Crippen molar-refractivity contribution in [1.82, 2.24) is 14.7 Å². The van der Waals surface area contributed by atoms with E-state index in [1.807, 2.05) is 0 Å². The topological polar surface area (TPSA) is 47.0 Å². The molecule has 2 heterocycles. The lowest BCUT2D eigenvalue weighted by molar-refractivity contribution is -0.0546. The van der Waals surface area contributed by atoms with Crippen molar-refractivity contribution >= 4 is 6.09 Å². The number of hydrogen-bond acceptors (Lipinski definition) is 3. The molecule has 2 aliphatic heterocycles. The Morgan fingerprint density at radius 1 is 1.00 bits per heavy atom. The van der Waals surface area contributed by atoms with Crippen LogP contribution in [0.3, 0.4) is 0 Å². The Morgan fingerprint density at radius 3 is 1.85 bits per heavy atom. The number of likely N-dealkylation sites (tertiary alicyclic amines) is 1. The summed E-state index contributed by atoms with van der Waals surface area (Å²) in [6.45, 7) is 12.3. The van der Waals surface area contributed by atoms with Crippen LogP contribution in [0.2, 0.25) is 0 Å². The second-order valence-electron chi connectivity index (χ2n) is 7.55. The predicted molar refractivity (Wildman–Crippen MR) is 80.1 cm³/mol. The van der Waals surface area contributed by atoms with E-state index in [1.54, 1.807) is 0 Å². The van der Waals surface area contributed by atoms with Crippen LogP contribution in [0.1, 0.15) is 40.5 Å². The summed E-state index contributed by atoms with van der Waals surface area (Å²) in [6.07, 6.45) is 1.52. The van der Waals surface area contributed by atoms with Gasteiger partial charge < -0.3 is 10.0 Å². The van der Waals surface area contributed by atoms with Gasteiger partial charge in [-0.1, -0.05) is 0 Å². The first-order chi connectivity index (χ1) is 9.13. The van der Waals surface area contributed by atoms with Crippen LogP contribution in [0, 0.1) is 0 Å². The van der Waals surface area contributed by atoms with Crippen LogP contribution in [-0.2, 0) is 0 Å². The first-order valence-electron chi connectivity index (χ1n) is 7.59. The summed E-state index contributed by atoms with van der Waals surface area (Å²) in [5, 5.41) is 9.04. The number of nitrogens with zero attached hydrogens (tertiary/aromatic N) is 3. The van der Waals surface area contributed by atoms with E-state index >= 15 is 0 Å². The standard InChI is InChI=1S/C15H29N3O2/c1-14(2)10-12(11-15(3,4)16(14)5)17-6-8-18(9-7-17)13(19)20/h12H,6-11H2,1-5H3,(H,19,20). The Morgan fingerprint density at radius 2 is 1.45 bits per heavy atom. The second-order valence-corrected chi connectivity index (χ2v) is 7.55. The summed E-state index contributed by atoms with van der Waals surface area (Å²) < 4.78 is 0. The number of carboxylic acid groups (broad SMARTS) is 1. The minimum atomic E-state index is -0.784. The van der Waals surface area contributed by atoms with Crippen molar-refractivity contribution in [1.29, 1.82) is 0 Å². The molecule has 20 heavy (non-hydrogen) atoms. The van der Waals surface area contributed by atoms with E-state index in [4.69, 9.17) is 5.11 Å². The highest BCUT2D eigenvalue weighted by molar-refractivity contribution is 5.65. The average molecular weight is 283 g/mol. The van der Waals surface area contributed by atoms with Crippen molar-refractivity contribution in [3.8, 4) is 0 Å². The Kier molecular flexibility index (Phi) is 4.04. The SMILES string of the molecule is CN1C(C)(C)CC(N2CCN(C(=O)O)CC2)CC1(C)C. The average Bonchev–Trinajstić information content (AvgIpc) is 2.35. The molecule has 5 heteroatoms. The van der Waals surface area contributed by atoms with Crippen LogP contribution in [0.15, 0.2) is 0 Å². The molecule has 1 amide bonds. The summed E-state index contributed by atoms with van der Waals surface area (Å²) in [7, 11) is 2.22. The summed E-state index contributed by atoms with van der Waals surface area (Å²) in [4.78, 5) is 17.5. The van der Waals surface area contributed by atoms with Crippen LogP contribution >= 0.6 is 0 Å². The third-order valence-electron chi connectivity index (χ3n) is 5.39. The van der Waals surface area contributed by atoms with Gasteiger partial charge in [-0.2, -0.15) is 0 Å². The van der Waals surface area contributed by atoms with Gasteiger partial charge >= 0.3 is 6.09 Å². The molecule has 2 rings (SSSR count). The fourth-order valence-corrected chi connectivity index (χ4v) is 3.86. The van der Waals surface area contributed by atoms with Crippen molar-refractivity contribution in [3.63, 3.8) is 0 Å². The normalized spacial score (nSPS) is 28.6. The molecular formula is C15H29N3O2. The van der Waals surface area contributed by atoms with Crippen molar-refractivity contribution in [2.24, 2.45) is 0 Å². The van der Waals surface area contributed by atoms with Crippen LogP contribution in [0.25, 0.3) is 0 Å². The molecule has 1 N–H and O–H groups in total. The minimum absolute atomic E-state index is 0.191. The molecular weight excluding hydrogens is 254 g/mol. The molecule has 0 atom stereocenters. The molecule has 0 radical (unpaired) electrons. The zero-order valence-corrected chi connectivity index (χ0v) is 13.5. The van der Waals surface area contributed by atoms with E-state index in [0.29, 0.717) is 19.1 Å². The van der Waals surface area contributed by atoms with Crippen molar-refractivity contribution in [3.05, 3.63) is 0 Å². The molecule has 0 bridgehead atoms. The molecule has 0 aliphatic carbocycles. The van der Waals surface area contributed by atoms with E-state index < -0.39 is 6.09 Å². The highest BCUT2D eigenvalue weighted by Gasteiger charge is 2.45.